The Morgan fingerprint density at radius 3 is 2.82 bits per heavy atom. The van der Waals surface area contributed by atoms with Crippen molar-refractivity contribution in [2.45, 2.75) is 63.5 Å². The van der Waals surface area contributed by atoms with Crippen LogP contribution in [0.2, 0.25) is 0 Å². The summed E-state index contributed by atoms with van der Waals surface area (Å²) >= 11 is 0. The number of hydrogen-bond donors (Lipinski definition) is 0. The van der Waals surface area contributed by atoms with Crippen molar-refractivity contribution >= 4 is 0 Å². The van der Waals surface area contributed by atoms with Gasteiger partial charge in [-0.05, 0) is 32.2 Å². The van der Waals surface area contributed by atoms with Gasteiger partial charge >= 0.3 is 0 Å². The van der Waals surface area contributed by atoms with Gasteiger partial charge in [-0.2, -0.15) is 5.26 Å². The summed E-state index contributed by atoms with van der Waals surface area (Å²) < 4.78 is 6.06. The van der Waals surface area contributed by atoms with E-state index >= 15 is 0 Å². The molecule has 0 aromatic rings. The minimum absolute atomic E-state index is 0.197. The maximum atomic E-state index is 8.71. The van der Waals surface area contributed by atoms with E-state index in [1.807, 2.05) is 0 Å². The Kier molecular flexibility index (Phi) is 4.42. The molecular weight excluding hydrogens is 212 g/mol. The second kappa shape index (κ2) is 5.84. The van der Waals surface area contributed by atoms with E-state index in [9.17, 15) is 0 Å². The van der Waals surface area contributed by atoms with Gasteiger partial charge in [-0.15, -0.1) is 0 Å². The largest absolute Gasteiger partial charge is 0.375 e. The third kappa shape index (κ3) is 3.00. The van der Waals surface area contributed by atoms with Crippen molar-refractivity contribution in [3.8, 4) is 6.07 Å². The summed E-state index contributed by atoms with van der Waals surface area (Å²) in [5.41, 5.74) is 0.197. The van der Waals surface area contributed by atoms with Crippen LogP contribution >= 0.6 is 0 Å². The summed E-state index contributed by atoms with van der Waals surface area (Å²) in [4.78, 5) is 2.48. The molecule has 1 spiro atoms. The molecule has 0 bridgehead atoms. The lowest BCUT2D eigenvalue weighted by molar-refractivity contribution is -0.101. The summed E-state index contributed by atoms with van der Waals surface area (Å²) in [6, 6.07) is 2.90. The van der Waals surface area contributed by atoms with Gasteiger partial charge in [0.05, 0.1) is 11.7 Å². The molecule has 3 heteroatoms. The molecule has 1 saturated carbocycles. The van der Waals surface area contributed by atoms with Crippen molar-refractivity contribution in [1.82, 2.24) is 4.90 Å². The molecule has 0 N–H and O–H groups in total. The molecule has 96 valence electrons. The van der Waals surface area contributed by atoms with E-state index in [0.717, 1.165) is 26.1 Å². The van der Waals surface area contributed by atoms with Gasteiger partial charge in [0.25, 0.3) is 0 Å². The van der Waals surface area contributed by atoms with Crippen molar-refractivity contribution in [3.63, 3.8) is 0 Å². The predicted octanol–water partition coefficient (Wildman–Crippen LogP) is 2.71. The molecule has 0 aromatic heterocycles. The molecule has 1 aliphatic heterocycles. The van der Waals surface area contributed by atoms with E-state index in [0.29, 0.717) is 12.5 Å². The first-order valence-corrected chi connectivity index (χ1v) is 7.04. The van der Waals surface area contributed by atoms with E-state index in [4.69, 9.17) is 10.00 Å². The molecule has 1 aliphatic carbocycles. The van der Waals surface area contributed by atoms with Crippen molar-refractivity contribution < 1.29 is 4.74 Å². The summed E-state index contributed by atoms with van der Waals surface area (Å²) in [7, 11) is 0. The van der Waals surface area contributed by atoms with E-state index in [-0.39, 0.29) is 5.60 Å². The number of rotatable bonds is 4. The van der Waals surface area contributed by atoms with Crippen LogP contribution < -0.4 is 0 Å². The summed E-state index contributed by atoms with van der Waals surface area (Å²) in [6.07, 6.45) is 8.14. The minimum atomic E-state index is 0.197. The lowest BCUT2D eigenvalue weighted by Gasteiger charge is -2.42. The van der Waals surface area contributed by atoms with Gasteiger partial charge in [0, 0.05) is 25.6 Å². The van der Waals surface area contributed by atoms with Crippen molar-refractivity contribution in [3.05, 3.63) is 0 Å². The van der Waals surface area contributed by atoms with Gasteiger partial charge in [-0.25, -0.2) is 0 Å². The van der Waals surface area contributed by atoms with E-state index in [1.54, 1.807) is 0 Å². The average Bonchev–Trinajstić information content (AvgIpc) is 2.78. The van der Waals surface area contributed by atoms with Gasteiger partial charge in [0.1, 0.15) is 0 Å². The van der Waals surface area contributed by atoms with Crippen LogP contribution in [0.5, 0.6) is 0 Å². The topological polar surface area (TPSA) is 36.3 Å². The van der Waals surface area contributed by atoms with Gasteiger partial charge < -0.3 is 4.74 Å². The molecular formula is C14H24N2O. The SMILES string of the molecule is CCN(CCC#N)C1CCOC2(CCCC2)C1. The van der Waals surface area contributed by atoms with E-state index in [1.165, 1.54) is 32.1 Å². The highest BCUT2D eigenvalue weighted by Gasteiger charge is 2.41. The van der Waals surface area contributed by atoms with Gasteiger partial charge in [0.15, 0.2) is 0 Å². The van der Waals surface area contributed by atoms with Crippen LogP contribution in [0.1, 0.15) is 51.9 Å². The van der Waals surface area contributed by atoms with Gasteiger partial charge in [-0.1, -0.05) is 19.8 Å². The average molecular weight is 236 g/mol. The van der Waals surface area contributed by atoms with Crippen LogP contribution in [0.4, 0.5) is 0 Å². The Hall–Kier alpha value is -0.590. The second-order valence-corrected chi connectivity index (χ2v) is 5.42. The van der Waals surface area contributed by atoms with Gasteiger partial charge in [0.2, 0.25) is 0 Å². The normalized spacial score (nSPS) is 27.5. The van der Waals surface area contributed by atoms with Crippen LogP contribution in [0, 0.1) is 11.3 Å². The van der Waals surface area contributed by atoms with E-state index in [2.05, 4.69) is 17.9 Å². The summed E-state index contributed by atoms with van der Waals surface area (Å²) in [6.45, 7) is 5.10. The highest BCUT2D eigenvalue weighted by atomic mass is 16.5. The van der Waals surface area contributed by atoms with Crippen LogP contribution in [-0.4, -0.2) is 36.2 Å². The minimum Gasteiger partial charge on any atom is -0.375 e. The van der Waals surface area contributed by atoms with Crippen LogP contribution in [0.25, 0.3) is 0 Å². The Bertz CT molecular complexity index is 278. The van der Waals surface area contributed by atoms with Crippen molar-refractivity contribution in [2.24, 2.45) is 0 Å². The molecule has 1 unspecified atom stereocenters. The molecule has 2 rings (SSSR count). The molecule has 1 heterocycles. The quantitative estimate of drug-likeness (QED) is 0.753. The molecule has 3 nitrogen and oxygen atoms in total. The molecule has 0 aromatic carbocycles. The Balaban J connectivity index is 1.93. The van der Waals surface area contributed by atoms with E-state index < -0.39 is 0 Å². The van der Waals surface area contributed by atoms with Crippen LogP contribution in [-0.2, 0) is 4.74 Å². The fourth-order valence-electron chi connectivity index (χ4n) is 3.47. The van der Waals surface area contributed by atoms with Crippen LogP contribution in [0.15, 0.2) is 0 Å². The highest BCUT2D eigenvalue weighted by molar-refractivity contribution is 4.94. The standard InChI is InChI=1S/C14H24N2O/c1-2-16(10-5-9-15)13-6-11-17-14(12-13)7-3-4-8-14/h13H,2-8,10-12H2,1H3. The highest BCUT2D eigenvalue weighted by Crippen LogP contribution is 2.41. The first-order chi connectivity index (χ1) is 8.29. The third-order valence-corrected chi connectivity index (χ3v) is 4.42. The number of nitriles is 1. The van der Waals surface area contributed by atoms with Crippen molar-refractivity contribution in [2.75, 3.05) is 19.7 Å². The number of hydrogen-bond acceptors (Lipinski definition) is 3. The molecule has 2 fully saturated rings. The lowest BCUT2D eigenvalue weighted by atomic mass is 9.88. The predicted molar refractivity (Wildman–Crippen MR) is 67.7 cm³/mol. The maximum absolute atomic E-state index is 8.71. The zero-order valence-corrected chi connectivity index (χ0v) is 11.0. The fourth-order valence-corrected chi connectivity index (χ4v) is 3.47. The molecule has 0 radical (unpaired) electrons. The molecule has 17 heavy (non-hydrogen) atoms. The zero-order chi connectivity index (χ0) is 12.1. The van der Waals surface area contributed by atoms with Crippen molar-refractivity contribution in [1.29, 1.82) is 5.26 Å². The Morgan fingerprint density at radius 1 is 1.41 bits per heavy atom. The fraction of sp³-hybridized carbons (Fsp3) is 0.929. The molecule has 1 saturated heterocycles. The maximum Gasteiger partial charge on any atom is 0.0697 e. The Labute approximate surface area is 105 Å². The molecule has 0 amide bonds. The zero-order valence-electron chi connectivity index (χ0n) is 11.0. The summed E-state index contributed by atoms with van der Waals surface area (Å²) in [5, 5.41) is 8.71. The monoisotopic (exact) mass is 236 g/mol. The Morgan fingerprint density at radius 2 is 2.18 bits per heavy atom. The molecule has 1 atom stereocenters. The van der Waals surface area contributed by atoms with Gasteiger partial charge in [-0.3, -0.25) is 4.90 Å². The first kappa shape index (κ1) is 12.9. The lowest BCUT2D eigenvalue weighted by Crippen LogP contribution is -2.47. The smallest absolute Gasteiger partial charge is 0.0697 e. The number of ether oxygens (including phenoxy) is 1. The third-order valence-electron chi connectivity index (χ3n) is 4.42. The first-order valence-electron chi connectivity index (χ1n) is 7.04. The summed E-state index contributed by atoms with van der Waals surface area (Å²) in [5.74, 6) is 0. The van der Waals surface area contributed by atoms with Crippen LogP contribution in [0.3, 0.4) is 0 Å². The second-order valence-electron chi connectivity index (χ2n) is 5.42. The molecule has 2 aliphatic rings. The number of nitrogens with zero attached hydrogens (tertiary/aromatic N) is 2.